The van der Waals surface area contributed by atoms with Crippen LogP contribution in [-0.2, 0) is 11.2 Å². The summed E-state index contributed by atoms with van der Waals surface area (Å²) in [5, 5.41) is 3.62. The standard InChI is InChI=1S/C27H36N4O/c1-7-22-19(6)21(11-10-20-9-8-12-28-20)27(31-22)25-15-26(32-16(2)3)24(30-25)14-23-17(4)13-18(5)29-23/h7,13-16,20,28-29,31H,1,8-12H2,2-6H3/b24-14-. The molecule has 0 radical (unpaired) electrons. The number of rotatable bonds is 8. The molecule has 0 aromatic carbocycles. The molecular weight excluding hydrogens is 396 g/mol. The predicted octanol–water partition coefficient (Wildman–Crippen LogP) is 5.75. The number of nitrogens with zero attached hydrogens (tertiary/aromatic N) is 1. The molecule has 5 nitrogen and oxygen atoms in total. The quantitative estimate of drug-likeness (QED) is 0.497. The van der Waals surface area contributed by atoms with Crippen molar-refractivity contribution in [2.24, 2.45) is 4.99 Å². The van der Waals surface area contributed by atoms with E-state index in [4.69, 9.17) is 9.73 Å². The summed E-state index contributed by atoms with van der Waals surface area (Å²) < 4.78 is 6.16. The van der Waals surface area contributed by atoms with Crippen LogP contribution in [0.15, 0.2) is 35.2 Å². The third kappa shape index (κ3) is 4.68. The normalized spacial score (nSPS) is 19.7. The summed E-state index contributed by atoms with van der Waals surface area (Å²) in [6.45, 7) is 15.6. The van der Waals surface area contributed by atoms with E-state index in [1.807, 2.05) is 6.08 Å². The van der Waals surface area contributed by atoms with Crippen molar-refractivity contribution in [1.82, 2.24) is 15.3 Å². The molecule has 0 saturated carbocycles. The minimum Gasteiger partial charge on any atom is -0.489 e. The van der Waals surface area contributed by atoms with Crippen LogP contribution in [0.5, 0.6) is 0 Å². The molecule has 0 amide bonds. The number of hydrogen-bond acceptors (Lipinski definition) is 3. The van der Waals surface area contributed by atoms with E-state index >= 15 is 0 Å². The molecule has 1 atom stereocenters. The van der Waals surface area contributed by atoms with E-state index in [0.29, 0.717) is 6.04 Å². The highest BCUT2D eigenvalue weighted by atomic mass is 16.5. The lowest BCUT2D eigenvalue weighted by atomic mass is 9.99. The van der Waals surface area contributed by atoms with Gasteiger partial charge in [-0.3, -0.25) is 0 Å². The molecule has 2 aromatic rings. The third-order valence-corrected chi connectivity index (χ3v) is 6.38. The topological polar surface area (TPSA) is 65.2 Å². The van der Waals surface area contributed by atoms with Gasteiger partial charge in [0.15, 0.2) is 0 Å². The van der Waals surface area contributed by atoms with Gasteiger partial charge in [-0.25, -0.2) is 4.99 Å². The Morgan fingerprint density at radius 1 is 1.22 bits per heavy atom. The first kappa shape index (κ1) is 22.4. The van der Waals surface area contributed by atoms with Gasteiger partial charge in [0.25, 0.3) is 0 Å². The van der Waals surface area contributed by atoms with Crippen molar-refractivity contribution >= 4 is 17.9 Å². The number of aliphatic imine (C=N–C) groups is 1. The number of allylic oxidation sites excluding steroid dienone is 1. The van der Waals surface area contributed by atoms with Crippen LogP contribution in [-0.4, -0.2) is 34.4 Å². The van der Waals surface area contributed by atoms with E-state index in [1.54, 1.807) is 0 Å². The smallest absolute Gasteiger partial charge is 0.147 e. The molecule has 0 bridgehead atoms. The lowest BCUT2D eigenvalue weighted by Crippen LogP contribution is -2.22. The predicted molar refractivity (Wildman–Crippen MR) is 134 cm³/mol. The van der Waals surface area contributed by atoms with Gasteiger partial charge >= 0.3 is 0 Å². The summed E-state index contributed by atoms with van der Waals surface area (Å²) in [7, 11) is 0. The van der Waals surface area contributed by atoms with Gasteiger partial charge in [0.05, 0.1) is 17.5 Å². The molecule has 1 unspecified atom stereocenters. The van der Waals surface area contributed by atoms with Gasteiger partial charge in [0.1, 0.15) is 11.5 Å². The number of aromatic amines is 2. The highest BCUT2D eigenvalue weighted by Crippen LogP contribution is 2.31. The average molecular weight is 433 g/mol. The van der Waals surface area contributed by atoms with Crippen LogP contribution in [0.1, 0.15) is 72.6 Å². The van der Waals surface area contributed by atoms with Gasteiger partial charge in [-0.15, -0.1) is 0 Å². The number of H-pyrrole nitrogens is 2. The monoisotopic (exact) mass is 432 g/mol. The van der Waals surface area contributed by atoms with Crippen molar-refractivity contribution in [3.05, 3.63) is 69.6 Å². The van der Waals surface area contributed by atoms with Crippen molar-refractivity contribution in [2.75, 3.05) is 6.54 Å². The fourth-order valence-electron chi connectivity index (χ4n) is 4.74. The van der Waals surface area contributed by atoms with Crippen LogP contribution < -0.4 is 5.32 Å². The maximum atomic E-state index is 6.16. The van der Waals surface area contributed by atoms with E-state index in [9.17, 15) is 0 Å². The number of ether oxygens (including phenoxy) is 1. The minimum atomic E-state index is 0.0766. The van der Waals surface area contributed by atoms with Crippen LogP contribution in [0.4, 0.5) is 0 Å². The SMILES string of the molecule is C=Cc1[nH]c(C2=N/C(=C\c3[nH]c(C)cc3C)C(OC(C)C)=C2)c(CCC2CCCN2)c1C. The molecule has 170 valence electrons. The zero-order chi connectivity index (χ0) is 22.8. The molecule has 2 aliphatic rings. The second-order valence-electron chi connectivity index (χ2n) is 9.30. The number of aromatic nitrogens is 2. The summed E-state index contributed by atoms with van der Waals surface area (Å²) in [5.41, 5.74) is 9.97. The maximum absolute atomic E-state index is 6.16. The molecule has 0 aliphatic carbocycles. The third-order valence-electron chi connectivity index (χ3n) is 6.38. The minimum absolute atomic E-state index is 0.0766. The zero-order valence-corrected chi connectivity index (χ0v) is 20.1. The zero-order valence-electron chi connectivity index (χ0n) is 20.1. The first-order chi connectivity index (χ1) is 15.4. The van der Waals surface area contributed by atoms with Gasteiger partial charge in [-0.1, -0.05) is 6.58 Å². The number of hydrogen-bond donors (Lipinski definition) is 3. The highest BCUT2D eigenvalue weighted by molar-refractivity contribution is 6.12. The van der Waals surface area contributed by atoms with Crippen molar-refractivity contribution < 1.29 is 4.74 Å². The van der Waals surface area contributed by atoms with Crippen molar-refractivity contribution in [3.8, 4) is 0 Å². The van der Waals surface area contributed by atoms with Crippen LogP contribution in [0.2, 0.25) is 0 Å². The average Bonchev–Trinajstić information content (AvgIpc) is 3.50. The summed E-state index contributed by atoms with van der Waals surface area (Å²) >= 11 is 0. The Hall–Kier alpha value is -2.79. The first-order valence-electron chi connectivity index (χ1n) is 11.8. The van der Waals surface area contributed by atoms with Crippen molar-refractivity contribution in [1.29, 1.82) is 0 Å². The second-order valence-corrected chi connectivity index (χ2v) is 9.30. The Morgan fingerprint density at radius 2 is 2.03 bits per heavy atom. The highest BCUT2D eigenvalue weighted by Gasteiger charge is 2.24. The Morgan fingerprint density at radius 3 is 2.66 bits per heavy atom. The second kappa shape index (κ2) is 9.37. The number of aryl methyl sites for hydroxylation is 2. The Balaban J connectivity index is 1.71. The molecule has 5 heteroatoms. The van der Waals surface area contributed by atoms with E-state index in [1.165, 1.54) is 29.5 Å². The fraction of sp³-hybridized carbons (Fsp3) is 0.444. The molecule has 1 fully saturated rings. The summed E-state index contributed by atoms with van der Waals surface area (Å²) in [6, 6.07) is 2.76. The summed E-state index contributed by atoms with van der Waals surface area (Å²) in [5.74, 6) is 0.817. The van der Waals surface area contributed by atoms with Crippen molar-refractivity contribution in [2.45, 2.75) is 72.4 Å². The van der Waals surface area contributed by atoms with Crippen LogP contribution in [0.25, 0.3) is 12.2 Å². The van der Waals surface area contributed by atoms with Crippen LogP contribution in [0.3, 0.4) is 0 Å². The first-order valence-corrected chi connectivity index (χ1v) is 11.8. The molecule has 4 rings (SSSR count). The van der Waals surface area contributed by atoms with E-state index < -0.39 is 0 Å². The van der Waals surface area contributed by atoms with E-state index in [2.05, 4.69) is 74.7 Å². The molecule has 32 heavy (non-hydrogen) atoms. The number of nitrogens with one attached hydrogen (secondary N) is 3. The lowest BCUT2D eigenvalue weighted by Gasteiger charge is -2.11. The van der Waals surface area contributed by atoms with E-state index in [-0.39, 0.29) is 6.10 Å². The molecule has 1 saturated heterocycles. The molecule has 2 aliphatic heterocycles. The van der Waals surface area contributed by atoms with Crippen molar-refractivity contribution in [3.63, 3.8) is 0 Å². The van der Waals surface area contributed by atoms with Gasteiger partial charge in [0, 0.05) is 29.2 Å². The molecular formula is C27H36N4O. The Bertz CT molecular complexity index is 1090. The summed E-state index contributed by atoms with van der Waals surface area (Å²) in [4.78, 5) is 12.0. The maximum Gasteiger partial charge on any atom is 0.147 e. The molecule has 3 N–H and O–H groups in total. The molecule has 4 heterocycles. The Labute approximate surface area is 191 Å². The van der Waals surface area contributed by atoms with Gasteiger partial charge in [0.2, 0.25) is 0 Å². The lowest BCUT2D eigenvalue weighted by molar-refractivity contribution is 0.155. The van der Waals surface area contributed by atoms with Gasteiger partial charge in [-0.2, -0.15) is 0 Å². The van der Waals surface area contributed by atoms with E-state index in [0.717, 1.165) is 59.3 Å². The van der Waals surface area contributed by atoms with Crippen LogP contribution >= 0.6 is 0 Å². The largest absolute Gasteiger partial charge is 0.489 e. The molecule has 2 aromatic heterocycles. The molecule has 0 spiro atoms. The van der Waals surface area contributed by atoms with Gasteiger partial charge in [-0.05, 0) is 102 Å². The Kier molecular flexibility index (Phi) is 6.56. The fourth-order valence-corrected chi connectivity index (χ4v) is 4.74. The van der Waals surface area contributed by atoms with Gasteiger partial charge < -0.3 is 20.0 Å². The van der Waals surface area contributed by atoms with Crippen LogP contribution in [0, 0.1) is 20.8 Å². The summed E-state index contributed by atoms with van der Waals surface area (Å²) in [6.07, 6.45) is 10.8.